The number of amides is 1. The Hall–Kier alpha value is -2.53. The lowest BCUT2D eigenvalue weighted by molar-refractivity contribution is -0.140. The maximum absolute atomic E-state index is 12.8. The summed E-state index contributed by atoms with van der Waals surface area (Å²) in [5.74, 6) is 0.187. The van der Waals surface area contributed by atoms with Crippen molar-refractivity contribution in [3.63, 3.8) is 0 Å². The summed E-state index contributed by atoms with van der Waals surface area (Å²) in [6.45, 7) is 0.621. The van der Waals surface area contributed by atoms with Crippen LogP contribution in [0.5, 0.6) is 5.75 Å². The van der Waals surface area contributed by atoms with E-state index in [1.54, 1.807) is 36.3 Å². The Kier molecular flexibility index (Phi) is 6.83. The minimum atomic E-state index is -0.362. The zero-order valence-electron chi connectivity index (χ0n) is 14.2. The molecule has 0 aliphatic carbocycles. The second-order valence-corrected chi connectivity index (χ2v) is 5.85. The smallest absolute Gasteiger partial charge is 0.307 e. The molecule has 0 N–H and O–H groups in total. The van der Waals surface area contributed by atoms with Gasteiger partial charge in [-0.05, 0) is 35.9 Å². The summed E-state index contributed by atoms with van der Waals surface area (Å²) < 4.78 is 9.81. The van der Waals surface area contributed by atoms with Crippen molar-refractivity contribution in [1.29, 1.82) is 0 Å². The molecule has 0 bridgehead atoms. The zero-order chi connectivity index (χ0) is 18.2. The molecule has 2 aromatic rings. The predicted octanol–water partition coefficient (Wildman–Crippen LogP) is 3.55. The molecule has 0 saturated heterocycles. The van der Waals surface area contributed by atoms with Gasteiger partial charge in [-0.15, -0.1) is 0 Å². The molecule has 2 aromatic carbocycles. The molecule has 0 fully saturated rings. The Balaban J connectivity index is 2.18. The largest absolute Gasteiger partial charge is 0.497 e. The summed E-state index contributed by atoms with van der Waals surface area (Å²) in [6.07, 6.45) is 0.124. The van der Waals surface area contributed by atoms with Crippen LogP contribution in [0.25, 0.3) is 0 Å². The minimum Gasteiger partial charge on any atom is -0.497 e. The van der Waals surface area contributed by atoms with Gasteiger partial charge >= 0.3 is 5.97 Å². The van der Waals surface area contributed by atoms with Crippen molar-refractivity contribution in [2.24, 2.45) is 0 Å². The third-order valence-electron chi connectivity index (χ3n) is 3.70. The summed E-state index contributed by atoms with van der Waals surface area (Å²) in [5, 5.41) is 0.489. The fourth-order valence-corrected chi connectivity index (χ4v) is 2.53. The third-order valence-corrected chi connectivity index (χ3v) is 3.94. The van der Waals surface area contributed by atoms with Gasteiger partial charge in [0.1, 0.15) is 5.75 Å². The lowest BCUT2D eigenvalue weighted by atomic mass is 10.1. The lowest BCUT2D eigenvalue weighted by Gasteiger charge is -2.23. The van der Waals surface area contributed by atoms with Crippen LogP contribution in [0.1, 0.15) is 22.3 Å². The van der Waals surface area contributed by atoms with E-state index in [1.165, 1.54) is 7.11 Å². The van der Waals surface area contributed by atoms with Crippen LogP contribution < -0.4 is 4.74 Å². The van der Waals surface area contributed by atoms with E-state index in [9.17, 15) is 9.59 Å². The maximum Gasteiger partial charge on any atom is 0.307 e. The van der Waals surface area contributed by atoms with E-state index in [2.05, 4.69) is 4.74 Å². The summed E-state index contributed by atoms with van der Waals surface area (Å²) in [5.41, 5.74) is 1.41. The quantitative estimate of drug-likeness (QED) is 0.708. The predicted molar refractivity (Wildman–Crippen MR) is 95.8 cm³/mol. The Bertz CT molecular complexity index is 730. The number of nitrogens with zero attached hydrogens (tertiary/aromatic N) is 1. The number of halogens is 1. The highest BCUT2D eigenvalue weighted by molar-refractivity contribution is 6.30. The van der Waals surface area contributed by atoms with Gasteiger partial charge in [0.15, 0.2) is 0 Å². The fourth-order valence-electron chi connectivity index (χ4n) is 2.34. The van der Waals surface area contributed by atoms with Crippen LogP contribution in [0.4, 0.5) is 0 Å². The van der Waals surface area contributed by atoms with Crippen LogP contribution in [0, 0.1) is 0 Å². The first-order chi connectivity index (χ1) is 12.0. The Morgan fingerprint density at radius 1 is 1.08 bits per heavy atom. The number of hydrogen-bond donors (Lipinski definition) is 0. The number of rotatable bonds is 7. The molecule has 1 amide bonds. The summed E-state index contributed by atoms with van der Waals surface area (Å²) in [6, 6.07) is 14.2. The second-order valence-electron chi connectivity index (χ2n) is 5.41. The Morgan fingerprint density at radius 2 is 1.80 bits per heavy atom. The van der Waals surface area contributed by atoms with Gasteiger partial charge in [-0.25, -0.2) is 0 Å². The van der Waals surface area contributed by atoms with Gasteiger partial charge in [0.25, 0.3) is 5.91 Å². The zero-order valence-corrected chi connectivity index (χ0v) is 15.0. The molecule has 0 saturated carbocycles. The minimum absolute atomic E-state index is 0.124. The first-order valence-electron chi connectivity index (χ1n) is 7.78. The van der Waals surface area contributed by atoms with E-state index >= 15 is 0 Å². The van der Waals surface area contributed by atoms with Gasteiger partial charge < -0.3 is 14.4 Å². The van der Waals surface area contributed by atoms with Gasteiger partial charge in [-0.3, -0.25) is 9.59 Å². The molecule has 0 unspecified atom stereocenters. The van der Waals surface area contributed by atoms with Crippen molar-refractivity contribution < 1.29 is 19.1 Å². The van der Waals surface area contributed by atoms with Crippen molar-refractivity contribution in [3.05, 3.63) is 64.7 Å². The monoisotopic (exact) mass is 361 g/mol. The van der Waals surface area contributed by atoms with Crippen molar-refractivity contribution in [3.8, 4) is 5.75 Å². The standard InChI is InChI=1S/C19H20ClNO4/c1-24-17-8-6-14(7-9-17)13-21(11-10-18(22)25-2)19(23)15-4-3-5-16(20)12-15/h3-9,12H,10-11,13H2,1-2H3. The molecule has 2 rings (SSSR count). The van der Waals surface area contributed by atoms with Crippen LogP contribution in [0.2, 0.25) is 5.02 Å². The molecule has 0 heterocycles. The van der Waals surface area contributed by atoms with Crippen LogP contribution in [0.15, 0.2) is 48.5 Å². The molecule has 0 atom stereocenters. The summed E-state index contributed by atoms with van der Waals surface area (Å²) >= 11 is 5.98. The molecule has 0 aliphatic rings. The second kappa shape index (κ2) is 9.08. The lowest BCUT2D eigenvalue weighted by Crippen LogP contribution is -2.32. The van der Waals surface area contributed by atoms with Crippen LogP contribution in [-0.4, -0.2) is 37.5 Å². The average molecular weight is 362 g/mol. The molecule has 5 nitrogen and oxygen atoms in total. The van der Waals surface area contributed by atoms with E-state index in [1.807, 2.05) is 24.3 Å². The van der Waals surface area contributed by atoms with Gasteiger partial charge in [0, 0.05) is 23.7 Å². The fraction of sp³-hybridized carbons (Fsp3) is 0.263. The topological polar surface area (TPSA) is 55.8 Å². The summed E-state index contributed by atoms with van der Waals surface area (Å²) in [7, 11) is 2.93. The van der Waals surface area contributed by atoms with E-state index in [0.29, 0.717) is 17.1 Å². The van der Waals surface area contributed by atoms with Gasteiger partial charge in [0.2, 0.25) is 0 Å². The highest BCUT2D eigenvalue weighted by Crippen LogP contribution is 2.17. The van der Waals surface area contributed by atoms with E-state index in [4.69, 9.17) is 16.3 Å². The van der Waals surface area contributed by atoms with E-state index in [-0.39, 0.29) is 24.8 Å². The van der Waals surface area contributed by atoms with Gasteiger partial charge in [0.05, 0.1) is 20.6 Å². The highest BCUT2D eigenvalue weighted by Gasteiger charge is 2.18. The molecule has 6 heteroatoms. The van der Waals surface area contributed by atoms with Crippen LogP contribution in [0.3, 0.4) is 0 Å². The number of methoxy groups -OCH3 is 2. The maximum atomic E-state index is 12.8. The number of hydrogen-bond acceptors (Lipinski definition) is 4. The molecule has 0 aromatic heterocycles. The number of benzene rings is 2. The van der Waals surface area contributed by atoms with Crippen molar-refractivity contribution in [2.45, 2.75) is 13.0 Å². The number of esters is 1. The van der Waals surface area contributed by atoms with E-state index in [0.717, 1.165) is 11.3 Å². The highest BCUT2D eigenvalue weighted by atomic mass is 35.5. The van der Waals surface area contributed by atoms with Crippen LogP contribution in [-0.2, 0) is 16.1 Å². The first-order valence-corrected chi connectivity index (χ1v) is 8.16. The van der Waals surface area contributed by atoms with Gasteiger partial charge in [-0.2, -0.15) is 0 Å². The Morgan fingerprint density at radius 3 is 2.40 bits per heavy atom. The molecule has 0 spiro atoms. The molecular formula is C19H20ClNO4. The van der Waals surface area contributed by atoms with Gasteiger partial charge in [-0.1, -0.05) is 29.8 Å². The summed E-state index contributed by atoms with van der Waals surface area (Å²) in [4.78, 5) is 25.9. The van der Waals surface area contributed by atoms with Crippen molar-refractivity contribution >= 4 is 23.5 Å². The van der Waals surface area contributed by atoms with E-state index < -0.39 is 0 Å². The van der Waals surface area contributed by atoms with Crippen molar-refractivity contribution in [1.82, 2.24) is 4.90 Å². The molecule has 0 radical (unpaired) electrons. The SMILES string of the molecule is COC(=O)CCN(Cc1ccc(OC)cc1)C(=O)c1cccc(Cl)c1. The Labute approximate surface area is 152 Å². The number of carbonyl (C=O) groups is 2. The molecular weight excluding hydrogens is 342 g/mol. The average Bonchev–Trinajstić information content (AvgIpc) is 2.64. The first kappa shape index (κ1) is 18.8. The molecule has 132 valence electrons. The third kappa shape index (κ3) is 5.50. The number of carbonyl (C=O) groups excluding carboxylic acids is 2. The molecule has 25 heavy (non-hydrogen) atoms. The van der Waals surface area contributed by atoms with Crippen molar-refractivity contribution in [2.75, 3.05) is 20.8 Å². The molecule has 0 aliphatic heterocycles. The number of ether oxygens (including phenoxy) is 2. The normalized spacial score (nSPS) is 10.2. The van der Waals surface area contributed by atoms with Crippen LogP contribution >= 0.6 is 11.6 Å².